The van der Waals surface area contributed by atoms with Gasteiger partial charge in [-0.3, -0.25) is 19.3 Å². The number of hydrogen-bond donors (Lipinski definition) is 1. The quantitative estimate of drug-likeness (QED) is 0.585. The van der Waals surface area contributed by atoms with Crippen molar-refractivity contribution in [3.8, 4) is 11.5 Å². The van der Waals surface area contributed by atoms with Crippen LogP contribution in [0.3, 0.4) is 0 Å². The Hall–Kier alpha value is -4.27. The first kappa shape index (κ1) is 21.6. The van der Waals surface area contributed by atoms with E-state index >= 15 is 0 Å². The Labute approximate surface area is 196 Å². The lowest BCUT2D eigenvalue weighted by Gasteiger charge is -2.40. The predicted molar refractivity (Wildman–Crippen MR) is 124 cm³/mol. The molecule has 0 saturated carbocycles. The minimum atomic E-state index is -0.764. The molecule has 3 aromatic rings. The fraction of sp³-hybridized carbons (Fsp3) is 0.240. The van der Waals surface area contributed by atoms with Gasteiger partial charge < -0.3 is 24.3 Å². The number of fused-ring (bicyclic) bond motifs is 5. The number of ether oxygens (including phenoxy) is 2. The number of para-hydroxylation sites is 1. The molecule has 0 spiro atoms. The van der Waals surface area contributed by atoms with E-state index in [1.54, 1.807) is 41.3 Å². The summed E-state index contributed by atoms with van der Waals surface area (Å²) in [4.78, 5) is 43.0. The summed E-state index contributed by atoms with van der Waals surface area (Å²) in [5.74, 6) is -0.202. The van der Waals surface area contributed by atoms with Crippen LogP contribution in [0.15, 0.2) is 60.9 Å². The Morgan fingerprint density at radius 1 is 0.971 bits per heavy atom. The Balaban J connectivity index is 1.50. The number of aromatic nitrogens is 1. The molecule has 1 N–H and O–H groups in total. The van der Waals surface area contributed by atoms with Crippen LogP contribution in [0, 0.1) is 0 Å². The summed E-state index contributed by atoms with van der Waals surface area (Å²) in [6.07, 6.45) is 3.07. The second kappa shape index (κ2) is 8.58. The number of hydrogen-bond acceptors (Lipinski definition) is 5. The van der Waals surface area contributed by atoms with Gasteiger partial charge in [-0.1, -0.05) is 18.2 Å². The van der Waals surface area contributed by atoms with Gasteiger partial charge in [-0.15, -0.1) is 0 Å². The SMILES string of the molecule is COc1ccc2c(c1OC)C(=O)N1c3ccccc3C(=O)N(CC(=O)NCCn3cccc3)[C@H]21. The van der Waals surface area contributed by atoms with Crippen molar-refractivity contribution in [1.29, 1.82) is 0 Å². The molecule has 174 valence electrons. The molecule has 1 aromatic heterocycles. The topological polar surface area (TPSA) is 93.1 Å². The lowest BCUT2D eigenvalue weighted by Crippen LogP contribution is -2.51. The van der Waals surface area contributed by atoms with Crippen LogP contribution < -0.4 is 19.7 Å². The second-order valence-electron chi connectivity index (χ2n) is 8.04. The lowest BCUT2D eigenvalue weighted by molar-refractivity contribution is -0.122. The lowest BCUT2D eigenvalue weighted by atomic mass is 10.0. The number of carbonyl (C=O) groups is 3. The van der Waals surface area contributed by atoms with E-state index in [4.69, 9.17) is 9.47 Å². The molecule has 0 bridgehead atoms. The smallest absolute Gasteiger partial charge is 0.264 e. The Morgan fingerprint density at radius 3 is 2.47 bits per heavy atom. The molecule has 34 heavy (non-hydrogen) atoms. The standard InChI is InChI=1S/C25H24N4O5/c1-33-19-10-9-17-21(22(19)34-2)25(32)29-18-8-4-3-7-16(18)24(31)28(23(17)29)15-20(30)26-11-14-27-12-5-6-13-27/h3-10,12-13,23H,11,14-15H2,1-2H3,(H,26,30)/t23-/m0/s1. The van der Waals surface area contributed by atoms with Gasteiger partial charge in [0.15, 0.2) is 11.5 Å². The molecular weight excluding hydrogens is 436 g/mol. The highest BCUT2D eigenvalue weighted by atomic mass is 16.5. The maximum atomic E-state index is 13.6. The normalized spacial score (nSPS) is 16.1. The van der Waals surface area contributed by atoms with Crippen molar-refractivity contribution in [2.75, 3.05) is 32.2 Å². The van der Waals surface area contributed by atoms with Crippen LogP contribution in [0.5, 0.6) is 11.5 Å². The minimum Gasteiger partial charge on any atom is -0.493 e. The molecular formula is C25H24N4O5. The van der Waals surface area contributed by atoms with E-state index in [0.29, 0.717) is 47.0 Å². The zero-order chi connectivity index (χ0) is 23.8. The number of anilines is 1. The highest BCUT2D eigenvalue weighted by Crippen LogP contribution is 2.49. The van der Waals surface area contributed by atoms with Crippen LogP contribution >= 0.6 is 0 Å². The fourth-order valence-electron chi connectivity index (χ4n) is 4.64. The summed E-state index contributed by atoms with van der Waals surface area (Å²) in [6, 6.07) is 14.2. The largest absolute Gasteiger partial charge is 0.493 e. The first-order chi connectivity index (χ1) is 16.5. The molecule has 0 unspecified atom stereocenters. The number of carbonyl (C=O) groups excluding carboxylic acids is 3. The molecule has 9 heteroatoms. The van der Waals surface area contributed by atoms with E-state index in [1.165, 1.54) is 19.1 Å². The maximum Gasteiger partial charge on any atom is 0.264 e. The molecule has 0 saturated heterocycles. The maximum absolute atomic E-state index is 13.6. The average Bonchev–Trinajstić information content (AvgIpc) is 3.47. The predicted octanol–water partition coefficient (Wildman–Crippen LogP) is 2.44. The molecule has 2 aromatic carbocycles. The molecule has 5 rings (SSSR count). The third kappa shape index (κ3) is 3.37. The summed E-state index contributed by atoms with van der Waals surface area (Å²) >= 11 is 0. The number of rotatable bonds is 7. The summed E-state index contributed by atoms with van der Waals surface area (Å²) in [5, 5.41) is 2.87. The third-order valence-electron chi connectivity index (χ3n) is 6.16. The summed E-state index contributed by atoms with van der Waals surface area (Å²) in [7, 11) is 2.97. The first-order valence-corrected chi connectivity index (χ1v) is 10.9. The summed E-state index contributed by atoms with van der Waals surface area (Å²) in [5.41, 5.74) is 1.79. The Bertz CT molecular complexity index is 1270. The second-order valence-corrected chi connectivity index (χ2v) is 8.04. The highest BCUT2D eigenvalue weighted by molar-refractivity contribution is 6.18. The van der Waals surface area contributed by atoms with Gasteiger partial charge in [-0.25, -0.2) is 0 Å². The average molecular weight is 460 g/mol. The first-order valence-electron chi connectivity index (χ1n) is 10.9. The van der Waals surface area contributed by atoms with Crippen LogP contribution in [0.1, 0.15) is 32.4 Å². The number of nitrogens with zero attached hydrogens (tertiary/aromatic N) is 3. The van der Waals surface area contributed by atoms with Gasteiger partial charge in [-0.05, 0) is 30.3 Å². The van der Waals surface area contributed by atoms with Crippen LogP contribution in [0.2, 0.25) is 0 Å². The van der Waals surface area contributed by atoms with Crippen molar-refractivity contribution in [2.24, 2.45) is 0 Å². The molecule has 0 radical (unpaired) electrons. The zero-order valence-corrected chi connectivity index (χ0v) is 18.9. The van der Waals surface area contributed by atoms with E-state index in [1.807, 2.05) is 29.1 Å². The number of amides is 3. The van der Waals surface area contributed by atoms with Crippen molar-refractivity contribution in [3.63, 3.8) is 0 Å². The Morgan fingerprint density at radius 2 is 1.74 bits per heavy atom. The van der Waals surface area contributed by atoms with Gasteiger partial charge in [-0.2, -0.15) is 0 Å². The molecule has 9 nitrogen and oxygen atoms in total. The van der Waals surface area contributed by atoms with Crippen LogP contribution in [-0.4, -0.2) is 54.5 Å². The number of benzene rings is 2. The van der Waals surface area contributed by atoms with Crippen LogP contribution in [0.4, 0.5) is 5.69 Å². The van der Waals surface area contributed by atoms with Crippen molar-refractivity contribution >= 4 is 23.4 Å². The molecule has 3 amide bonds. The molecule has 0 aliphatic carbocycles. The fourth-order valence-corrected chi connectivity index (χ4v) is 4.64. The van der Waals surface area contributed by atoms with Crippen LogP contribution in [0.25, 0.3) is 0 Å². The third-order valence-corrected chi connectivity index (χ3v) is 6.16. The van der Waals surface area contributed by atoms with Gasteiger partial charge in [0.25, 0.3) is 11.8 Å². The minimum absolute atomic E-state index is 0.193. The summed E-state index contributed by atoms with van der Waals surface area (Å²) in [6.45, 7) is 0.839. The van der Waals surface area contributed by atoms with Crippen molar-refractivity contribution < 1.29 is 23.9 Å². The van der Waals surface area contributed by atoms with Gasteiger partial charge >= 0.3 is 0 Å². The molecule has 0 fully saturated rings. The number of methoxy groups -OCH3 is 2. The zero-order valence-electron chi connectivity index (χ0n) is 18.9. The highest BCUT2D eigenvalue weighted by Gasteiger charge is 2.50. The summed E-state index contributed by atoms with van der Waals surface area (Å²) < 4.78 is 12.8. The van der Waals surface area contributed by atoms with Crippen LogP contribution in [-0.2, 0) is 11.3 Å². The van der Waals surface area contributed by atoms with Crippen molar-refractivity contribution in [2.45, 2.75) is 12.7 Å². The van der Waals surface area contributed by atoms with Gasteiger partial charge in [0.1, 0.15) is 12.7 Å². The van der Waals surface area contributed by atoms with E-state index in [2.05, 4.69) is 5.32 Å². The van der Waals surface area contributed by atoms with Crippen molar-refractivity contribution in [3.05, 3.63) is 77.6 Å². The van der Waals surface area contributed by atoms with E-state index < -0.39 is 6.17 Å². The van der Waals surface area contributed by atoms with Crippen molar-refractivity contribution in [1.82, 2.24) is 14.8 Å². The van der Waals surface area contributed by atoms with E-state index in [0.717, 1.165) is 0 Å². The molecule has 2 aliphatic rings. The van der Waals surface area contributed by atoms with Gasteiger partial charge in [0, 0.05) is 31.0 Å². The van der Waals surface area contributed by atoms with Gasteiger partial charge in [0.05, 0.1) is 31.0 Å². The molecule has 1 atom stereocenters. The molecule has 3 heterocycles. The monoisotopic (exact) mass is 460 g/mol. The molecule has 2 aliphatic heterocycles. The number of nitrogens with one attached hydrogen (secondary N) is 1. The Kier molecular flexibility index (Phi) is 5.45. The van der Waals surface area contributed by atoms with E-state index in [9.17, 15) is 14.4 Å². The van der Waals surface area contributed by atoms with E-state index in [-0.39, 0.29) is 24.3 Å². The van der Waals surface area contributed by atoms with Gasteiger partial charge in [0.2, 0.25) is 5.91 Å².